The highest BCUT2D eigenvalue weighted by Crippen LogP contribution is 2.35. The summed E-state index contributed by atoms with van der Waals surface area (Å²) in [5.74, 6) is 0.335. The van der Waals surface area contributed by atoms with E-state index in [1.54, 1.807) is 35.2 Å². The van der Waals surface area contributed by atoms with Gasteiger partial charge in [-0.1, -0.05) is 35.9 Å². The first-order valence-electron chi connectivity index (χ1n) is 8.58. The monoisotopic (exact) mass is 390 g/mol. The molecule has 7 heteroatoms. The summed E-state index contributed by atoms with van der Waals surface area (Å²) in [6.07, 6.45) is 0.767. The zero-order valence-electron chi connectivity index (χ0n) is 14.1. The first-order valence-corrected chi connectivity index (χ1v) is 10.4. The van der Waals surface area contributed by atoms with Crippen LogP contribution < -0.4 is 0 Å². The van der Waals surface area contributed by atoms with Crippen LogP contribution in [-0.2, 0) is 10.0 Å². The van der Waals surface area contributed by atoms with E-state index in [1.165, 1.54) is 10.4 Å². The molecule has 0 N–H and O–H groups in total. The van der Waals surface area contributed by atoms with Gasteiger partial charge < -0.3 is 4.90 Å². The standard InChI is InChI=1S/C19H19ClN2O3S/c20-16-7-4-8-17(11-16)26(24,25)21-10-9-15-12-22(18(15)13-21)19(23)14-5-2-1-3-6-14/h1-8,11,15,18H,9-10,12-13H2/t15-,18-/m1/s1. The second-order valence-electron chi connectivity index (χ2n) is 6.76. The van der Waals surface area contributed by atoms with E-state index < -0.39 is 10.0 Å². The quantitative estimate of drug-likeness (QED) is 0.809. The summed E-state index contributed by atoms with van der Waals surface area (Å²) >= 11 is 5.95. The number of rotatable bonds is 3. The van der Waals surface area contributed by atoms with Crippen LogP contribution in [-0.4, -0.2) is 49.2 Å². The van der Waals surface area contributed by atoms with Crippen LogP contribution in [0.3, 0.4) is 0 Å². The number of sulfonamides is 1. The van der Waals surface area contributed by atoms with Crippen LogP contribution >= 0.6 is 11.6 Å². The Bertz CT molecular complexity index is 933. The molecule has 5 nitrogen and oxygen atoms in total. The lowest BCUT2D eigenvalue weighted by molar-refractivity contribution is -0.0118. The lowest BCUT2D eigenvalue weighted by atomic mass is 9.82. The molecule has 136 valence electrons. The number of carbonyl (C=O) groups is 1. The molecule has 26 heavy (non-hydrogen) atoms. The normalized spacial score (nSPS) is 23.2. The molecule has 2 aliphatic rings. The average Bonchev–Trinajstić information content (AvgIpc) is 2.63. The van der Waals surface area contributed by atoms with E-state index in [0.717, 1.165) is 6.42 Å². The van der Waals surface area contributed by atoms with Crippen LogP contribution in [0.2, 0.25) is 5.02 Å². The van der Waals surface area contributed by atoms with Crippen molar-refractivity contribution in [3.63, 3.8) is 0 Å². The van der Waals surface area contributed by atoms with Crippen molar-refractivity contribution in [1.29, 1.82) is 0 Å². The maximum atomic E-state index is 12.9. The van der Waals surface area contributed by atoms with Gasteiger partial charge in [-0.3, -0.25) is 4.79 Å². The lowest BCUT2D eigenvalue weighted by Crippen LogP contribution is -2.66. The molecule has 0 spiro atoms. The third-order valence-corrected chi connectivity index (χ3v) is 7.33. The second kappa shape index (κ2) is 6.68. The smallest absolute Gasteiger partial charge is 0.254 e. The maximum Gasteiger partial charge on any atom is 0.254 e. The summed E-state index contributed by atoms with van der Waals surface area (Å²) in [7, 11) is -3.61. The molecular weight excluding hydrogens is 372 g/mol. The lowest BCUT2D eigenvalue weighted by Gasteiger charge is -2.53. The van der Waals surface area contributed by atoms with Crippen LogP contribution in [0.5, 0.6) is 0 Å². The molecular formula is C19H19ClN2O3S. The zero-order chi connectivity index (χ0) is 18.3. The minimum atomic E-state index is -3.61. The maximum absolute atomic E-state index is 12.9. The van der Waals surface area contributed by atoms with E-state index >= 15 is 0 Å². The summed E-state index contributed by atoms with van der Waals surface area (Å²) < 4.78 is 27.3. The Morgan fingerprint density at radius 1 is 1.04 bits per heavy atom. The molecule has 0 saturated carbocycles. The second-order valence-corrected chi connectivity index (χ2v) is 9.13. The molecule has 2 fully saturated rings. The fraction of sp³-hybridized carbons (Fsp3) is 0.316. The van der Waals surface area contributed by atoms with Gasteiger partial charge >= 0.3 is 0 Å². The number of nitrogens with zero attached hydrogens (tertiary/aromatic N) is 2. The number of carbonyl (C=O) groups excluding carboxylic acids is 1. The van der Waals surface area contributed by atoms with Crippen molar-refractivity contribution >= 4 is 27.5 Å². The molecule has 0 aromatic heterocycles. The van der Waals surface area contributed by atoms with E-state index in [-0.39, 0.29) is 16.8 Å². The van der Waals surface area contributed by atoms with Crippen molar-refractivity contribution in [3.05, 3.63) is 65.2 Å². The van der Waals surface area contributed by atoms with Crippen molar-refractivity contribution in [2.45, 2.75) is 17.4 Å². The fourth-order valence-electron chi connectivity index (χ4n) is 3.74. The van der Waals surface area contributed by atoms with Crippen LogP contribution in [0.15, 0.2) is 59.5 Å². The Hall–Kier alpha value is -1.89. The summed E-state index contributed by atoms with van der Waals surface area (Å²) in [5.41, 5.74) is 0.640. The highest BCUT2D eigenvalue weighted by Gasteiger charge is 2.47. The molecule has 0 unspecified atom stereocenters. The molecule has 0 aliphatic carbocycles. The molecule has 0 bridgehead atoms. The molecule has 0 radical (unpaired) electrons. The molecule has 2 atom stereocenters. The molecule has 2 saturated heterocycles. The number of amides is 1. The van der Waals surface area contributed by atoms with Crippen molar-refractivity contribution in [2.75, 3.05) is 19.6 Å². The number of benzene rings is 2. The molecule has 2 aromatic carbocycles. The molecule has 2 aliphatic heterocycles. The van der Waals surface area contributed by atoms with Gasteiger partial charge in [-0.25, -0.2) is 8.42 Å². The minimum absolute atomic E-state index is 0.0335. The number of hydrogen-bond acceptors (Lipinski definition) is 3. The van der Waals surface area contributed by atoms with E-state index in [9.17, 15) is 13.2 Å². The molecule has 2 aromatic rings. The number of halogens is 1. The van der Waals surface area contributed by atoms with Crippen LogP contribution in [0.1, 0.15) is 16.8 Å². The van der Waals surface area contributed by atoms with Gasteiger partial charge in [-0.2, -0.15) is 4.31 Å². The summed E-state index contributed by atoms with van der Waals surface area (Å²) in [4.78, 5) is 14.7. The number of likely N-dealkylation sites (tertiary alicyclic amines) is 1. The van der Waals surface area contributed by atoms with Crippen LogP contribution in [0, 0.1) is 5.92 Å². The highest BCUT2D eigenvalue weighted by molar-refractivity contribution is 7.89. The largest absolute Gasteiger partial charge is 0.334 e. The van der Waals surface area contributed by atoms with E-state index in [0.29, 0.717) is 36.1 Å². The predicted molar refractivity (Wildman–Crippen MR) is 99.6 cm³/mol. The third-order valence-electron chi connectivity index (χ3n) is 5.23. The number of piperidine rings is 1. The number of hydrogen-bond donors (Lipinski definition) is 0. The van der Waals surface area contributed by atoms with E-state index in [4.69, 9.17) is 11.6 Å². The first-order chi connectivity index (χ1) is 12.5. The molecule has 4 rings (SSSR count). The van der Waals surface area contributed by atoms with Crippen LogP contribution in [0.4, 0.5) is 0 Å². The van der Waals surface area contributed by atoms with Gasteiger partial charge in [0.1, 0.15) is 0 Å². The predicted octanol–water partition coefficient (Wildman–Crippen LogP) is 2.88. The van der Waals surface area contributed by atoms with Crippen molar-refractivity contribution < 1.29 is 13.2 Å². The Kier molecular flexibility index (Phi) is 4.50. The van der Waals surface area contributed by atoms with Gasteiger partial charge in [0.25, 0.3) is 5.91 Å². The first kappa shape index (κ1) is 17.5. The Morgan fingerprint density at radius 2 is 1.81 bits per heavy atom. The Balaban J connectivity index is 1.53. The molecule has 2 heterocycles. The van der Waals surface area contributed by atoms with Crippen molar-refractivity contribution in [3.8, 4) is 0 Å². The van der Waals surface area contributed by atoms with Gasteiger partial charge in [0.2, 0.25) is 10.0 Å². The van der Waals surface area contributed by atoms with Gasteiger partial charge in [0.15, 0.2) is 0 Å². The SMILES string of the molecule is O=C(c1ccccc1)N1C[C@H]2CCN(S(=O)(=O)c3cccc(Cl)c3)C[C@H]21. The number of fused-ring (bicyclic) bond motifs is 1. The van der Waals surface area contributed by atoms with Crippen LogP contribution in [0.25, 0.3) is 0 Å². The van der Waals surface area contributed by atoms with Gasteiger partial charge in [-0.05, 0) is 42.7 Å². The highest BCUT2D eigenvalue weighted by atomic mass is 35.5. The van der Waals surface area contributed by atoms with Crippen molar-refractivity contribution in [2.24, 2.45) is 5.92 Å². The van der Waals surface area contributed by atoms with E-state index in [1.807, 2.05) is 18.2 Å². The van der Waals surface area contributed by atoms with Gasteiger partial charge in [0, 0.05) is 30.2 Å². The summed E-state index contributed by atoms with van der Waals surface area (Å²) in [6.45, 7) is 1.50. The fourth-order valence-corrected chi connectivity index (χ4v) is 5.52. The van der Waals surface area contributed by atoms with Gasteiger partial charge in [-0.15, -0.1) is 0 Å². The molecule has 1 amide bonds. The Morgan fingerprint density at radius 3 is 2.54 bits per heavy atom. The zero-order valence-corrected chi connectivity index (χ0v) is 15.7. The van der Waals surface area contributed by atoms with Crippen molar-refractivity contribution in [1.82, 2.24) is 9.21 Å². The summed E-state index contributed by atoms with van der Waals surface area (Å²) in [5, 5.41) is 0.394. The van der Waals surface area contributed by atoms with Gasteiger partial charge in [0.05, 0.1) is 10.9 Å². The van der Waals surface area contributed by atoms with E-state index in [2.05, 4.69) is 0 Å². The summed E-state index contributed by atoms with van der Waals surface area (Å²) in [6, 6.07) is 15.4. The average molecular weight is 391 g/mol. The third kappa shape index (κ3) is 3.02. The Labute approximate surface area is 158 Å². The topological polar surface area (TPSA) is 57.7 Å². The minimum Gasteiger partial charge on any atom is -0.334 e.